The molecule has 0 saturated carbocycles. The van der Waals surface area contributed by atoms with Crippen LogP contribution in [0.4, 0.5) is 5.69 Å². The van der Waals surface area contributed by atoms with E-state index in [1.807, 2.05) is 61.5 Å². The molecule has 2 amide bonds. The van der Waals surface area contributed by atoms with Crippen molar-refractivity contribution in [1.82, 2.24) is 10.2 Å². The van der Waals surface area contributed by atoms with Crippen molar-refractivity contribution in [2.75, 3.05) is 30.8 Å². The van der Waals surface area contributed by atoms with Gasteiger partial charge >= 0.3 is 0 Å². The van der Waals surface area contributed by atoms with Crippen LogP contribution in [0.2, 0.25) is 0 Å². The van der Waals surface area contributed by atoms with E-state index < -0.39 is 28.5 Å². The molecule has 0 aliphatic heterocycles. The van der Waals surface area contributed by atoms with Crippen LogP contribution in [0.25, 0.3) is 0 Å². The molecule has 0 bridgehead atoms. The Morgan fingerprint density at radius 3 is 2.23 bits per heavy atom. The second-order valence-electron chi connectivity index (χ2n) is 9.44. The minimum Gasteiger partial charge on any atom is -0.495 e. The summed E-state index contributed by atoms with van der Waals surface area (Å²) in [5, 5.41) is 2.98. The van der Waals surface area contributed by atoms with Crippen molar-refractivity contribution in [2.45, 2.75) is 38.8 Å². The van der Waals surface area contributed by atoms with Gasteiger partial charge in [-0.15, -0.1) is 0 Å². The number of amides is 2. The molecule has 0 unspecified atom stereocenters. The Hall–Kier alpha value is -3.37. The Balaban J connectivity index is 2.05. The van der Waals surface area contributed by atoms with Gasteiger partial charge in [-0.05, 0) is 41.8 Å². The third-order valence-electron chi connectivity index (χ3n) is 6.40. The van der Waals surface area contributed by atoms with Gasteiger partial charge in [0, 0.05) is 24.0 Å². The van der Waals surface area contributed by atoms with Crippen molar-refractivity contribution < 1.29 is 22.7 Å². The lowest BCUT2D eigenvalue weighted by Crippen LogP contribution is -2.53. The van der Waals surface area contributed by atoms with Crippen LogP contribution in [0.1, 0.15) is 30.9 Å². The van der Waals surface area contributed by atoms with Crippen molar-refractivity contribution in [3.63, 3.8) is 0 Å². The molecular formula is C30H36BrN3O5S. The zero-order valence-electron chi connectivity index (χ0n) is 23.0. The molecule has 40 heavy (non-hydrogen) atoms. The van der Waals surface area contributed by atoms with Crippen LogP contribution in [0.3, 0.4) is 0 Å². The number of para-hydroxylation sites is 2. The van der Waals surface area contributed by atoms with E-state index in [2.05, 4.69) is 21.2 Å². The Morgan fingerprint density at radius 2 is 1.60 bits per heavy atom. The first-order valence-electron chi connectivity index (χ1n) is 13.1. The van der Waals surface area contributed by atoms with E-state index in [1.54, 1.807) is 24.3 Å². The highest BCUT2D eigenvalue weighted by molar-refractivity contribution is 9.10. The van der Waals surface area contributed by atoms with Crippen LogP contribution in [0.5, 0.6) is 5.75 Å². The second kappa shape index (κ2) is 14.9. The lowest BCUT2D eigenvalue weighted by molar-refractivity contribution is -0.140. The average molecular weight is 631 g/mol. The number of ether oxygens (including phenoxy) is 1. The maximum atomic E-state index is 14.1. The van der Waals surface area contributed by atoms with Gasteiger partial charge in [-0.25, -0.2) is 8.42 Å². The van der Waals surface area contributed by atoms with Crippen molar-refractivity contribution in [2.24, 2.45) is 0 Å². The highest BCUT2D eigenvalue weighted by Crippen LogP contribution is 2.30. The number of carbonyl (C=O) groups is 2. The third kappa shape index (κ3) is 8.82. The standard InChI is InChI=1S/C30H36BrN3O5S/c1-4-5-19-32-30(36)27(20-23-11-7-6-8-12-23)33(21-24-15-17-25(31)18-16-24)29(35)22-34(40(3,37)38)26-13-9-10-14-28(26)39-2/h6-18,27H,4-5,19-22H2,1-3H3,(H,32,36)/t27-/m0/s1. The normalized spacial score (nSPS) is 11.9. The number of unbranched alkanes of at least 4 members (excludes halogenated alkanes) is 1. The average Bonchev–Trinajstić information content (AvgIpc) is 2.94. The number of hydrogen-bond acceptors (Lipinski definition) is 5. The predicted molar refractivity (Wildman–Crippen MR) is 162 cm³/mol. The summed E-state index contributed by atoms with van der Waals surface area (Å²) in [6.07, 6.45) is 3.03. The number of methoxy groups -OCH3 is 1. The quantitative estimate of drug-likeness (QED) is 0.259. The summed E-state index contributed by atoms with van der Waals surface area (Å²) in [6.45, 7) is 2.14. The summed E-state index contributed by atoms with van der Waals surface area (Å²) >= 11 is 3.44. The lowest BCUT2D eigenvalue weighted by Gasteiger charge is -2.33. The first-order chi connectivity index (χ1) is 19.1. The molecule has 3 aromatic rings. The van der Waals surface area contributed by atoms with Gasteiger partial charge in [0.25, 0.3) is 0 Å². The SMILES string of the molecule is CCCCNC(=O)[C@H](Cc1ccccc1)N(Cc1ccc(Br)cc1)C(=O)CN(c1ccccc1OC)S(C)(=O)=O. The summed E-state index contributed by atoms with van der Waals surface area (Å²) in [6, 6.07) is 22.7. The van der Waals surface area contributed by atoms with Crippen LogP contribution in [-0.4, -0.2) is 57.6 Å². The molecular weight excluding hydrogens is 594 g/mol. The molecule has 0 aliphatic rings. The Bertz CT molecular complexity index is 1370. The Kier molecular flexibility index (Phi) is 11.6. The van der Waals surface area contributed by atoms with E-state index in [9.17, 15) is 18.0 Å². The zero-order chi connectivity index (χ0) is 29.1. The molecule has 0 aromatic heterocycles. The van der Waals surface area contributed by atoms with E-state index in [0.29, 0.717) is 12.3 Å². The second-order valence-corrected chi connectivity index (χ2v) is 12.3. The van der Waals surface area contributed by atoms with Crippen molar-refractivity contribution >= 4 is 43.5 Å². The Morgan fingerprint density at radius 1 is 0.950 bits per heavy atom. The van der Waals surface area contributed by atoms with Gasteiger partial charge < -0.3 is 15.0 Å². The van der Waals surface area contributed by atoms with Gasteiger partial charge in [-0.2, -0.15) is 0 Å². The molecule has 1 atom stereocenters. The topological polar surface area (TPSA) is 96.0 Å². The largest absolute Gasteiger partial charge is 0.495 e. The monoisotopic (exact) mass is 629 g/mol. The number of nitrogens with zero attached hydrogens (tertiary/aromatic N) is 2. The third-order valence-corrected chi connectivity index (χ3v) is 8.06. The number of hydrogen-bond donors (Lipinski definition) is 1. The molecule has 0 spiro atoms. The molecule has 0 saturated heterocycles. The number of halogens is 1. The minimum absolute atomic E-state index is 0.119. The maximum Gasteiger partial charge on any atom is 0.244 e. The fraction of sp³-hybridized carbons (Fsp3) is 0.333. The highest BCUT2D eigenvalue weighted by atomic mass is 79.9. The molecule has 0 aliphatic carbocycles. The van der Waals surface area contributed by atoms with Gasteiger partial charge in [0.05, 0.1) is 19.1 Å². The van der Waals surface area contributed by atoms with Crippen LogP contribution in [0, 0.1) is 0 Å². The van der Waals surface area contributed by atoms with Gasteiger partial charge in [-0.1, -0.05) is 83.9 Å². The predicted octanol–water partition coefficient (Wildman–Crippen LogP) is 4.78. The Labute approximate surface area is 245 Å². The molecule has 3 aromatic carbocycles. The summed E-state index contributed by atoms with van der Waals surface area (Å²) in [4.78, 5) is 29.2. The number of carbonyl (C=O) groups excluding carboxylic acids is 2. The zero-order valence-corrected chi connectivity index (χ0v) is 25.4. The van der Waals surface area contributed by atoms with E-state index in [-0.39, 0.29) is 24.6 Å². The molecule has 8 nitrogen and oxygen atoms in total. The van der Waals surface area contributed by atoms with Crippen LogP contribution in [-0.2, 0) is 32.6 Å². The number of anilines is 1. The first-order valence-corrected chi connectivity index (χ1v) is 15.7. The van der Waals surface area contributed by atoms with Crippen molar-refractivity contribution in [3.05, 3.63) is 94.5 Å². The number of rotatable bonds is 14. The van der Waals surface area contributed by atoms with Gasteiger partial charge in [-0.3, -0.25) is 13.9 Å². The van der Waals surface area contributed by atoms with E-state index in [1.165, 1.54) is 12.0 Å². The molecule has 10 heteroatoms. The van der Waals surface area contributed by atoms with Crippen molar-refractivity contribution in [1.29, 1.82) is 0 Å². The number of sulfonamides is 1. The van der Waals surface area contributed by atoms with Crippen molar-refractivity contribution in [3.8, 4) is 5.75 Å². The van der Waals surface area contributed by atoms with Gasteiger partial charge in [0.2, 0.25) is 21.8 Å². The van der Waals surface area contributed by atoms with Crippen LogP contribution in [0.15, 0.2) is 83.3 Å². The lowest BCUT2D eigenvalue weighted by atomic mass is 10.0. The fourth-order valence-corrected chi connectivity index (χ4v) is 5.39. The number of nitrogens with one attached hydrogen (secondary N) is 1. The summed E-state index contributed by atoms with van der Waals surface area (Å²) < 4.78 is 33.2. The molecule has 1 N–H and O–H groups in total. The van der Waals surface area contributed by atoms with Gasteiger partial charge in [0.15, 0.2) is 0 Å². The molecule has 0 fully saturated rings. The maximum absolute atomic E-state index is 14.1. The smallest absolute Gasteiger partial charge is 0.244 e. The number of benzene rings is 3. The van der Waals surface area contributed by atoms with Crippen LogP contribution < -0.4 is 14.4 Å². The van der Waals surface area contributed by atoms with Gasteiger partial charge in [0.1, 0.15) is 18.3 Å². The fourth-order valence-electron chi connectivity index (χ4n) is 4.28. The summed E-state index contributed by atoms with van der Waals surface area (Å²) in [5.74, 6) is -0.477. The van der Waals surface area contributed by atoms with E-state index in [4.69, 9.17) is 4.74 Å². The van der Waals surface area contributed by atoms with E-state index >= 15 is 0 Å². The summed E-state index contributed by atoms with van der Waals surface area (Å²) in [7, 11) is -2.44. The molecule has 3 rings (SSSR count). The summed E-state index contributed by atoms with van der Waals surface area (Å²) in [5.41, 5.74) is 1.94. The molecule has 0 radical (unpaired) electrons. The highest BCUT2D eigenvalue weighted by Gasteiger charge is 2.33. The first kappa shape index (κ1) is 31.2. The molecule has 0 heterocycles. The molecule has 214 valence electrons. The minimum atomic E-state index is -3.88. The van der Waals surface area contributed by atoms with E-state index in [0.717, 1.165) is 39.0 Å². The van der Waals surface area contributed by atoms with Crippen LogP contribution >= 0.6 is 15.9 Å².